The first-order valence-corrected chi connectivity index (χ1v) is 18.6. The topological polar surface area (TPSA) is 91.7 Å². The van der Waals surface area contributed by atoms with Crippen molar-refractivity contribution in [1.82, 2.24) is 29.4 Å². The second-order valence-corrected chi connectivity index (χ2v) is 15.1. The number of carbonyl (C=O) groups excluding carboxylic acids is 1. The van der Waals surface area contributed by atoms with Gasteiger partial charge in [0.25, 0.3) is 6.43 Å². The Balaban J connectivity index is 0.967. The number of hydrogen-bond donors (Lipinski definition) is 1. The average Bonchev–Trinajstić information content (AvgIpc) is 3.74. The number of aromatic nitrogens is 4. The summed E-state index contributed by atoms with van der Waals surface area (Å²) in [5.41, 5.74) is 13.0. The summed E-state index contributed by atoms with van der Waals surface area (Å²) in [6.07, 6.45) is 8.10. The highest BCUT2D eigenvalue weighted by atomic mass is 19.3. The molecule has 0 aliphatic carbocycles. The van der Waals surface area contributed by atoms with E-state index in [1.807, 2.05) is 43.6 Å². The lowest BCUT2D eigenvalue weighted by molar-refractivity contribution is 0.1000. The number of halogens is 2. The van der Waals surface area contributed by atoms with Gasteiger partial charge in [0.05, 0.1) is 12.2 Å². The average molecular weight is 698 g/mol. The first-order valence-electron chi connectivity index (χ1n) is 18.6. The Bertz CT molecular complexity index is 1870. The summed E-state index contributed by atoms with van der Waals surface area (Å²) in [5, 5.41) is 9.64. The summed E-state index contributed by atoms with van der Waals surface area (Å²) in [5.74, 6) is 1.24. The van der Waals surface area contributed by atoms with Gasteiger partial charge in [-0.2, -0.15) is 10.2 Å². The normalized spacial score (nSPS) is 19.5. The van der Waals surface area contributed by atoms with E-state index in [2.05, 4.69) is 36.4 Å². The van der Waals surface area contributed by atoms with Crippen molar-refractivity contribution in [3.8, 4) is 11.1 Å². The van der Waals surface area contributed by atoms with Gasteiger partial charge in [0.1, 0.15) is 0 Å². The van der Waals surface area contributed by atoms with Crippen LogP contribution in [0, 0.1) is 5.92 Å². The minimum absolute atomic E-state index is 0.0518. The van der Waals surface area contributed by atoms with Crippen LogP contribution in [0.15, 0.2) is 48.8 Å². The summed E-state index contributed by atoms with van der Waals surface area (Å²) in [6, 6.07) is 11.7. The molecule has 12 heteroatoms. The Morgan fingerprint density at radius 2 is 1.73 bits per heavy atom. The number of likely N-dealkylation sites (N-methyl/N-ethyl adjacent to an activating group) is 1. The molecule has 8 rings (SSSR count). The van der Waals surface area contributed by atoms with Crippen molar-refractivity contribution in [2.45, 2.75) is 64.0 Å². The molecule has 4 aliphatic rings. The monoisotopic (exact) mass is 697 g/mol. The molecule has 0 saturated carbocycles. The fraction of sp³-hybridized carbons (Fsp3) is 0.513. The van der Waals surface area contributed by atoms with Crippen molar-refractivity contribution in [2.75, 3.05) is 62.7 Å². The van der Waals surface area contributed by atoms with E-state index in [0.717, 1.165) is 126 Å². The number of aryl methyl sites for hydroxylation is 2. The Labute approximate surface area is 298 Å². The number of nitrogens with zero attached hydrogens (tertiary/aromatic N) is 8. The molecule has 2 aromatic heterocycles. The third-order valence-electron chi connectivity index (χ3n) is 11.7. The van der Waals surface area contributed by atoms with E-state index in [1.54, 1.807) is 16.9 Å². The number of fused-ring (bicyclic) bond motifs is 2. The molecule has 2 saturated heterocycles. The number of alkyl halides is 2. The van der Waals surface area contributed by atoms with E-state index in [4.69, 9.17) is 10.8 Å². The van der Waals surface area contributed by atoms with Gasteiger partial charge in [0.2, 0.25) is 5.91 Å². The SMILES string of the molecule is CN1CCc2c(c(N3CCCc4cc(-c5cnn(C)c5)c(C(F)F)cc43)nn2C2CCN(CC3CCN(c4ccc(C(N)=O)cc4)CC3)CC2)C1. The highest BCUT2D eigenvalue weighted by molar-refractivity contribution is 5.93. The summed E-state index contributed by atoms with van der Waals surface area (Å²) in [7, 11) is 3.97. The van der Waals surface area contributed by atoms with Crippen LogP contribution in [0.25, 0.3) is 11.1 Å². The highest BCUT2D eigenvalue weighted by Crippen LogP contribution is 2.43. The van der Waals surface area contributed by atoms with E-state index in [9.17, 15) is 13.6 Å². The third kappa shape index (κ3) is 6.75. The van der Waals surface area contributed by atoms with Crippen LogP contribution in [0.5, 0.6) is 0 Å². The molecule has 6 heterocycles. The molecule has 10 nitrogen and oxygen atoms in total. The summed E-state index contributed by atoms with van der Waals surface area (Å²) in [4.78, 5) is 21.1. The van der Waals surface area contributed by atoms with Gasteiger partial charge in [0, 0.05) is 111 Å². The van der Waals surface area contributed by atoms with Gasteiger partial charge >= 0.3 is 0 Å². The molecule has 0 spiro atoms. The number of rotatable bonds is 8. The van der Waals surface area contributed by atoms with Gasteiger partial charge in [-0.1, -0.05) is 0 Å². The summed E-state index contributed by atoms with van der Waals surface area (Å²) >= 11 is 0. The first-order chi connectivity index (χ1) is 24.7. The van der Waals surface area contributed by atoms with Crippen molar-refractivity contribution in [1.29, 1.82) is 0 Å². The number of carbonyl (C=O) groups is 1. The lowest BCUT2D eigenvalue weighted by atomic mass is 9.92. The lowest BCUT2D eigenvalue weighted by Gasteiger charge is -2.38. The van der Waals surface area contributed by atoms with Gasteiger partial charge in [-0.05, 0) is 99.0 Å². The molecule has 0 atom stereocenters. The zero-order valence-electron chi connectivity index (χ0n) is 29.8. The number of likely N-dealkylation sites (tertiary alicyclic amines) is 1. The highest BCUT2D eigenvalue weighted by Gasteiger charge is 2.34. The van der Waals surface area contributed by atoms with Crippen LogP contribution in [-0.4, -0.2) is 88.1 Å². The van der Waals surface area contributed by atoms with Crippen LogP contribution in [0.2, 0.25) is 0 Å². The van der Waals surface area contributed by atoms with Gasteiger partial charge in [-0.3, -0.25) is 14.2 Å². The van der Waals surface area contributed by atoms with Crippen molar-refractivity contribution in [3.63, 3.8) is 0 Å². The van der Waals surface area contributed by atoms with Crippen molar-refractivity contribution < 1.29 is 13.6 Å². The Morgan fingerprint density at radius 1 is 0.961 bits per heavy atom. The zero-order chi connectivity index (χ0) is 35.2. The van der Waals surface area contributed by atoms with Gasteiger partial charge in [-0.25, -0.2) is 8.78 Å². The van der Waals surface area contributed by atoms with Crippen LogP contribution in [-0.2, 0) is 26.4 Å². The molecule has 4 aliphatic heterocycles. The van der Waals surface area contributed by atoms with Crippen molar-refractivity contribution in [2.24, 2.45) is 18.7 Å². The third-order valence-corrected chi connectivity index (χ3v) is 11.7. The first kappa shape index (κ1) is 33.8. The number of benzene rings is 2. The maximum Gasteiger partial charge on any atom is 0.264 e. The van der Waals surface area contributed by atoms with Crippen LogP contribution >= 0.6 is 0 Å². The molecule has 0 radical (unpaired) electrons. The summed E-state index contributed by atoms with van der Waals surface area (Å²) in [6.45, 7) is 7.88. The maximum atomic E-state index is 14.6. The number of anilines is 3. The predicted molar refractivity (Wildman–Crippen MR) is 196 cm³/mol. The Kier molecular flexibility index (Phi) is 9.31. The Morgan fingerprint density at radius 3 is 2.41 bits per heavy atom. The number of piperidine rings is 2. The van der Waals surface area contributed by atoms with Crippen LogP contribution in [0.4, 0.5) is 26.0 Å². The fourth-order valence-corrected chi connectivity index (χ4v) is 8.86. The van der Waals surface area contributed by atoms with Crippen molar-refractivity contribution >= 4 is 23.1 Å². The van der Waals surface area contributed by atoms with Crippen LogP contribution in [0.1, 0.15) is 77.3 Å². The molecule has 0 bridgehead atoms. The molecule has 1 amide bonds. The van der Waals surface area contributed by atoms with E-state index < -0.39 is 6.43 Å². The molecule has 2 aromatic carbocycles. The fourth-order valence-electron chi connectivity index (χ4n) is 8.86. The van der Waals surface area contributed by atoms with E-state index in [1.165, 1.54) is 11.3 Å². The quantitative estimate of drug-likeness (QED) is 0.244. The second kappa shape index (κ2) is 14.0. The zero-order valence-corrected chi connectivity index (χ0v) is 29.8. The van der Waals surface area contributed by atoms with Crippen LogP contribution < -0.4 is 15.5 Å². The summed E-state index contributed by atoms with van der Waals surface area (Å²) < 4.78 is 33.2. The number of nitrogens with two attached hydrogens (primary N) is 1. The van der Waals surface area contributed by atoms with Gasteiger partial charge < -0.3 is 25.3 Å². The second-order valence-electron chi connectivity index (χ2n) is 15.1. The number of primary amides is 1. The molecule has 4 aromatic rings. The van der Waals surface area contributed by atoms with Gasteiger partial charge in [0.15, 0.2) is 5.82 Å². The molecule has 270 valence electrons. The molecular formula is C39H49F2N9O. The predicted octanol–water partition coefficient (Wildman–Crippen LogP) is 5.95. The minimum Gasteiger partial charge on any atom is -0.372 e. The molecular weight excluding hydrogens is 648 g/mol. The molecule has 2 fully saturated rings. The number of amides is 1. The standard InChI is InChI=1S/C39H49F2N9O/c1-45-15-13-35-34(25-45)39(49-14-3-4-28-20-32(29-22-43-46(2)24-29)33(37(40)41)21-36(28)49)44-50(35)31-11-16-47(17-12-31)23-26-9-18-48(19-10-26)30-7-5-27(6-8-30)38(42)51/h5-8,20-22,24,26,31,37H,3-4,9-19,23,25H2,1-2H3,(H2,42,51). The minimum atomic E-state index is -2.59. The largest absolute Gasteiger partial charge is 0.372 e. The van der Waals surface area contributed by atoms with Crippen molar-refractivity contribution in [3.05, 3.63) is 76.7 Å². The van der Waals surface area contributed by atoms with Crippen LogP contribution in [0.3, 0.4) is 0 Å². The maximum absolute atomic E-state index is 14.6. The lowest BCUT2D eigenvalue weighted by Crippen LogP contribution is -2.42. The Hall–Kier alpha value is -4.29. The molecule has 51 heavy (non-hydrogen) atoms. The van der Waals surface area contributed by atoms with E-state index in [-0.39, 0.29) is 11.5 Å². The number of hydrogen-bond acceptors (Lipinski definition) is 7. The molecule has 2 N–H and O–H groups in total. The van der Waals surface area contributed by atoms with Gasteiger partial charge in [-0.15, -0.1) is 0 Å². The smallest absolute Gasteiger partial charge is 0.264 e. The van der Waals surface area contributed by atoms with E-state index >= 15 is 0 Å². The van der Waals surface area contributed by atoms with E-state index in [0.29, 0.717) is 23.1 Å². The molecule has 0 unspecified atom stereocenters.